The Balaban J connectivity index is 1.71. The molecule has 0 saturated carbocycles. The van der Waals surface area contributed by atoms with E-state index < -0.39 is 0 Å². The summed E-state index contributed by atoms with van der Waals surface area (Å²) in [5, 5.41) is 0. The van der Waals surface area contributed by atoms with E-state index in [0.717, 1.165) is 43.0 Å². The predicted octanol–water partition coefficient (Wildman–Crippen LogP) is 2.26. The highest BCUT2D eigenvalue weighted by molar-refractivity contribution is 5.77. The van der Waals surface area contributed by atoms with Crippen LogP contribution in [0.3, 0.4) is 0 Å². The predicted molar refractivity (Wildman–Crippen MR) is 134 cm³/mol. The summed E-state index contributed by atoms with van der Waals surface area (Å²) in [6.45, 7) is 7.01. The molecule has 1 aliphatic heterocycles. The lowest BCUT2D eigenvalue weighted by molar-refractivity contribution is 0.218. The van der Waals surface area contributed by atoms with Crippen molar-refractivity contribution in [2.75, 3.05) is 33.9 Å². The summed E-state index contributed by atoms with van der Waals surface area (Å²) in [7, 11) is 4.89. The molecule has 0 amide bonds. The third-order valence-corrected chi connectivity index (χ3v) is 7.24. The van der Waals surface area contributed by atoms with Crippen LogP contribution < -0.4 is 20.7 Å². The normalized spacial score (nSPS) is 14.8. The van der Waals surface area contributed by atoms with Crippen LogP contribution in [0.15, 0.2) is 27.8 Å². The molecule has 1 aromatic carbocycles. The molecule has 35 heavy (non-hydrogen) atoms. The SMILES string of the molecule is COc1ccc(-n2c(C)c(C)n3c4c(=O)n(CCN5CCCCC5)c(=O)n(C)c4nc23)c(OC)c1. The Bertz CT molecular complexity index is 1530. The summed E-state index contributed by atoms with van der Waals surface area (Å²) in [5.74, 6) is 1.85. The second-order valence-electron chi connectivity index (χ2n) is 9.16. The second kappa shape index (κ2) is 8.92. The first-order valence-corrected chi connectivity index (χ1v) is 12.0. The van der Waals surface area contributed by atoms with Gasteiger partial charge in [0.2, 0.25) is 5.78 Å². The number of rotatable bonds is 6. The average Bonchev–Trinajstić information content (AvgIpc) is 3.38. The molecule has 1 aliphatic rings. The Kier molecular flexibility index (Phi) is 5.92. The Morgan fingerprint density at radius 3 is 2.40 bits per heavy atom. The molecule has 0 N–H and O–H groups in total. The Hall–Kier alpha value is -3.53. The maximum absolute atomic E-state index is 13.7. The van der Waals surface area contributed by atoms with E-state index in [1.807, 2.05) is 41.0 Å². The first-order valence-electron chi connectivity index (χ1n) is 12.0. The molecule has 0 radical (unpaired) electrons. The smallest absolute Gasteiger partial charge is 0.332 e. The summed E-state index contributed by atoms with van der Waals surface area (Å²) >= 11 is 0. The molecule has 0 unspecified atom stereocenters. The van der Waals surface area contributed by atoms with Crippen molar-refractivity contribution in [3.63, 3.8) is 0 Å². The number of aromatic nitrogens is 5. The lowest BCUT2D eigenvalue weighted by Crippen LogP contribution is -2.43. The molecule has 10 nitrogen and oxygen atoms in total. The van der Waals surface area contributed by atoms with Crippen LogP contribution in [0.5, 0.6) is 11.5 Å². The number of methoxy groups -OCH3 is 2. The number of likely N-dealkylation sites (tertiary alicyclic amines) is 1. The van der Waals surface area contributed by atoms with E-state index in [9.17, 15) is 9.59 Å². The van der Waals surface area contributed by atoms with Crippen LogP contribution in [0, 0.1) is 13.8 Å². The molecule has 186 valence electrons. The van der Waals surface area contributed by atoms with Gasteiger partial charge in [-0.25, -0.2) is 4.79 Å². The topological polar surface area (TPSA) is 87.9 Å². The van der Waals surface area contributed by atoms with Crippen LogP contribution in [0.4, 0.5) is 0 Å². The largest absolute Gasteiger partial charge is 0.497 e. The number of fused-ring (bicyclic) bond motifs is 3. The molecule has 3 aromatic heterocycles. The molecular weight excluding hydrogens is 448 g/mol. The third-order valence-electron chi connectivity index (χ3n) is 7.24. The van der Waals surface area contributed by atoms with Gasteiger partial charge < -0.3 is 14.4 Å². The standard InChI is InChI=1S/C25H32N6O4/c1-16-17(2)31-21-22(26-24(31)30(16)19-10-9-18(34-4)15-20(19)35-5)27(3)25(33)29(23(21)32)14-13-28-11-7-6-8-12-28/h9-10,15H,6-8,11-14H2,1-5H3. The monoisotopic (exact) mass is 480 g/mol. The van der Waals surface area contributed by atoms with Crippen LogP contribution in [-0.4, -0.2) is 61.8 Å². The van der Waals surface area contributed by atoms with E-state index in [1.165, 1.54) is 15.6 Å². The molecule has 1 fully saturated rings. The molecule has 0 aliphatic carbocycles. The average molecular weight is 481 g/mol. The number of piperidine rings is 1. The van der Waals surface area contributed by atoms with Crippen molar-refractivity contribution in [2.24, 2.45) is 7.05 Å². The number of ether oxygens (including phenoxy) is 2. The van der Waals surface area contributed by atoms with Crippen molar-refractivity contribution < 1.29 is 9.47 Å². The zero-order chi connectivity index (χ0) is 24.9. The first-order chi connectivity index (χ1) is 16.9. The molecule has 10 heteroatoms. The van der Waals surface area contributed by atoms with Crippen LogP contribution in [-0.2, 0) is 13.6 Å². The van der Waals surface area contributed by atoms with Gasteiger partial charge in [-0.1, -0.05) is 6.42 Å². The van der Waals surface area contributed by atoms with Gasteiger partial charge in [0.1, 0.15) is 11.5 Å². The highest BCUT2D eigenvalue weighted by Crippen LogP contribution is 2.32. The number of benzene rings is 1. The van der Waals surface area contributed by atoms with Gasteiger partial charge in [-0.15, -0.1) is 0 Å². The fourth-order valence-electron chi connectivity index (χ4n) is 5.13. The summed E-state index contributed by atoms with van der Waals surface area (Å²) in [6, 6.07) is 5.57. The summed E-state index contributed by atoms with van der Waals surface area (Å²) < 4.78 is 17.6. The maximum Gasteiger partial charge on any atom is 0.332 e. The minimum atomic E-state index is -0.344. The number of nitrogens with zero attached hydrogens (tertiary/aromatic N) is 6. The van der Waals surface area contributed by atoms with E-state index in [2.05, 4.69) is 4.90 Å². The van der Waals surface area contributed by atoms with Gasteiger partial charge in [0.25, 0.3) is 5.56 Å². The van der Waals surface area contributed by atoms with E-state index in [-0.39, 0.29) is 11.2 Å². The highest BCUT2D eigenvalue weighted by atomic mass is 16.5. The lowest BCUT2D eigenvalue weighted by atomic mass is 10.1. The third kappa shape index (κ3) is 3.63. The van der Waals surface area contributed by atoms with E-state index in [0.29, 0.717) is 41.5 Å². The van der Waals surface area contributed by atoms with E-state index in [4.69, 9.17) is 14.5 Å². The van der Waals surface area contributed by atoms with Crippen LogP contribution in [0.2, 0.25) is 0 Å². The van der Waals surface area contributed by atoms with Gasteiger partial charge >= 0.3 is 5.69 Å². The Labute approximate surface area is 202 Å². The summed E-state index contributed by atoms with van der Waals surface area (Å²) in [5.41, 5.74) is 2.69. The Morgan fingerprint density at radius 2 is 1.71 bits per heavy atom. The van der Waals surface area contributed by atoms with Gasteiger partial charge in [-0.3, -0.25) is 22.9 Å². The maximum atomic E-state index is 13.7. The van der Waals surface area contributed by atoms with Gasteiger partial charge in [-0.05, 0) is 51.9 Å². The molecular formula is C25H32N6O4. The quantitative estimate of drug-likeness (QED) is 0.421. The van der Waals surface area contributed by atoms with Crippen LogP contribution in [0.25, 0.3) is 22.6 Å². The lowest BCUT2D eigenvalue weighted by Gasteiger charge is -2.26. The zero-order valence-electron chi connectivity index (χ0n) is 21.0. The van der Waals surface area contributed by atoms with Gasteiger partial charge in [0.05, 0.1) is 19.9 Å². The van der Waals surface area contributed by atoms with Gasteiger partial charge in [0.15, 0.2) is 11.2 Å². The fourth-order valence-corrected chi connectivity index (χ4v) is 5.13. The second-order valence-corrected chi connectivity index (χ2v) is 9.16. The molecule has 4 heterocycles. The van der Waals surface area contributed by atoms with Gasteiger partial charge in [-0.2, -0.15) is 4.98 Å². The van der Waals surface area contributed by atoms with Crippen LogP contribution >= 0.6 is 0 Å². The Morgan fingerprint density at radius 1 is 0.971 bits per heavy atom. The number of aryl methyl sites for hydroxylation is 2. The van der Waals surface area contributed by atoms with Crippen LogP contribution in [0.1, 0.15) is 30.7 Å². The number of imidazole rings is 2. The molecule has 4 aromatic rings. The van der Waals surface area contributed by atoms with Crippen molar-refractivity contribution in [2.45, 2.75) is 39.7 Å². The summed E-state index contributed by atoms with van der Waals surface area (Å²) in [4.78, 5) is 34.0. The van der Waals surface area contributed by atoms with E-state index >= 15 is 0 Å². The molecule has 0 spiro atoms. The fraction of sp³-hybridized carbons (Fsp3) is 0.480. The van der Waals surface area contributed by atoms with Crippen molar-refractivity contribution in [1.82, 2.24) is 28.0 Å². The zero-order valence-corrected chi connectivity index (χ0v) is 21.0. The number of hydrogen-bond donors (Lipinski definition) is 0. The van der Waals surface area contributed by atoms with Gasteiger partial charge in [0, 0.05) is 37.6 Å². The molecule has 0 atom stereocenters. The minimum absolute atomic E-state index is 0.311. The van der Waals surface area contributed by atoms with Crippen molar-refractivity contribution in [3.05, 3.63) is 50.4 Å². The molecule has 1 saturated heterocycles. The molecule has 5 rings (SSSR count). The highest BCUT2D eigenvalue weighted by Gasteiger charge is 2.24. The van der Waals surface area contributed by atoms with Crippen molar-refractivity contribution >= 4 is 16.9 Å². The number of hydrogen-bond acceptors (Lipinski definition) is 6. The first kappa shape index (κ1) is 23.2. The van der Waals surface area contributed by atoms with E-state index in [1.54, 1.807) is 21.3 Å². The summed E-state index contributed by atoms with van der Waals surface area (Å²) in [6.07, 6.45) is 3.57. The van der Waals surface area contributed by atoms with Crippen molar-refractivity contribution in [3.8, 4) is 17.2 Å². The minimum Gasteiger partial charge on any atom is -0.497 e. The molecule has 0 bridgehead atoms. The van der Waals surface area contributed by atoms with Crippen molar-refractivity contribution in [1.29, 1.82) is 0 Å².